The average molecular weight is 254 g/mol. The lowest BCUT2D eigenvalue weighted by Gasteiger charge is -2.02. The highest BCUT2D eigenvalue weighted by Gasteiger charge is 1.98. The highest BCUT2D eigenvalue weighted by Crippen LogP contribution is 2.01. The lowest BCUT2D eigenvalue weighted by Crippen LogP contribution is -2.07. The summed E-state index contributed by atoms with van der Waals surface area (Å²) in [5, 5.41) is 15.6. The number of hydrogen-bond acceptors (Lipinski definition) is 2. The van der Waals surface area contributed by atoms with E-state index in [-0.39, 0.29) is 0 Å². The van der Waals surface area contributed by atoms with Crippen LogP contribution in [0.15, 0.2) is 65.8 Å². The molecule has 2 rings (SSSR count). The molecule has 0 aliphatic heterocycles. The second-order valence-corrected chi connectivity index (χ2v) is 4.41. The topological polar surface area (TPSA) is 38.4 Å². The van der Waals surface area contributed by atoms with Crippen molar-refractivity contribution in [3.63, 3.8) is 0 Å². The van der Waals surface area contributed by atoms with Crippen LogP contribution in [0.1, 0.15) is 11.1 Å². The van der Waals surface area contributed by atoms with Crippen molar-refractivity contribution in [3.05, 3.63) is 77.0 Å². The molecule has 0 saturated carbocycles. The predicted molar refractivity (Wildman–Crippen MR) is 76.1 cm³/mol. The summed E-state index contributed by atoms with van der Waals surface area (Å²) in [7, 11) is 0. The quantitative estimate of drug-likeness (QED) is 0.442. The number of hydrogen-bond donors (Lipinski definition) is 0. The molecule has 0 bridgehead atoms. The van der Waals surface area contributed by atoms with Gasteiger partial charge in [0, 0.05) is 6.42 Å². The molecule has 0 aliphatic carbocycles. The minimum atomic E-state index is 0.415. The molecule has 2 aromatic carbocycles. The Hall–Kier alpha value is -2.16. The van der Waals surface area contributed by atoms with Crippen LogP contribution in [0, 0.1) is 5.21 Å². The maximum Gasteiger partial charge on any atom is 0.184 e. The Balaban J connectivity index is 1.74. The number of benzene rings is 2. The molecule has 0 fully saturated rings. The normalized spacial score (nSPS) is 11.5. The standard InChI is InChI=1S/C16H18N2O/c19-18(14-12-16-9-5-2-6-10-16)17-13-11-15-7-3-1-4-8-15/h1-10H,11-14H2. The van der Waals surface area contributed by atoms with Crippen LogP contribution >= 0.6 is 0 Å². The molecule has 2 aromatic rings. The smallest absolute Gasteiger partial charge is 0.184 e. The van der Waals surface area contributed by atoms with E-state index in [1.54, 1.807) is 0 Å². The highest BCUT2D eigenvalue weighted by atomic mass is 16.5. The van der Waals surface area contributed by atoms with Crippen molar-refractivity contribution < 1.29 is 4.86 Å². The minimum Gasteiger partial charge on any atom is -0.600 e. The Kier molecular flexibility index (Phi) is 5.11. The summed E-state index contributed by atoms with van der Waals surface area (Å²) in [5.74, 6) is 0. The lowest BCUT2D eigenvalue weighted by atomic mass is 10.1. The summed E-state index contributed by atoms with van der Waals surface area (Å²) in [6.45, 7) is 0.959. The maximum atomic E-state index is 11.6. The molecule has 0 amide bonds. The maximum absolute atomic E-state index is 11.6. The number of hydroxylamine groups is 1. The average Bonchev–Trinajstić information content (AvgIpc) is 2.47. The van der Waals surface area contributed by atoms with Gasteiger partial charge < -0.3 is 5.21 Å². The first-order valence-corrected chi connectivity index (χ1v) is 6.54. The van der Waals surface area contributed by atoms with Crippen LogP contribution in [0.4, 0.5) is 0 Å². The van der Waals surface area contributed by atoms with E-state index in [4.69, 9.17) is 0 Å². The van der Waals surface area contributed by atoms with E-state index >= 15 is 0 Å². The first kappa shape index (κ1) is 13.3. The molecule has 0 aromatic heterocycles. The molecular weight excluding hydrogens is 236 g/mol. The molecule has 3 nitrogen and oxygen atoms in total. The lowest BCUT2D eigenvalue weighted by molar-refractivity contribution is -0.529. The molecule has 0 spiro atoms. The second-order valence-electron chi connectivity index (χ2n) is 4.41. The zero-order chi connectivity index (χ0) is 13.3. The zero-order valence-electron chi connectivity index (χ0n) is 10.9. The fourth-order valence-corrected chi connectivity index (χ4v) is 1.88. The van der Waals surface area contributed by atoms with Crippen molar-refractivity contribution in [2.45, 2.75) is 12.8 Å². The van der Waals surface area contributed by atoms with Gasteiger partial charge in [-0.15, -0.1) is 0 Å². The van der Waals surface area contributed by atoms with E-state index in [1.165, 1.54) is 11.1 Å². The molecule has 0 unspecified atom stereocenters. The molecular formula is C16H18N2O. The van der Waals surface area contributed by atoms with Gasteiger partial charge >= 0.3 is 0 Å². The van der Waals surface area contributed by atoms with Crippen LogP contribution in [0.5, 0.6) is 0 Å². The van der Waals surface area contributed by atoms with Crippen LogP contribution in [0.3, 0.4) is 0 Å². The van der Waals surface area contributed by atoms with Crippen molar-refractivity contribution >= 4 is 0 Å². The van der Waals surface area contributed by atoms with E-state index in [9.17, 15) is 5.21 Å². The summed E-state index contributed by atoms with van der Waals surface area (Å²) in [6.07, 6.45) is 1.55. The number of azo groups is 1. The van der Waals surface area contributed by atoms with Crippen molar-refractivity contribution in [2.75, 3.05) is 13.1 Å². The van der Waals surface area contributed by atoms with Gasteiger partial charge in [0.1, 0.15) is 6.54 Å². The van der Waals surface area contributed by atoms with E-state index in [0.29, 0.717) is 13.1 Å². The molecule has 0 radical (unpaired) electrons. The zero-order valence-corrected chi connectivity index (χ0v) is 10.9. The molecule has 98 valence electrons. The molecule has 0 heterocycles. The Morgan fingerprint density at radius 3 is 1.89 bits per heavy atom. The van der Waals surface area contributed by atoms with Gasteiger partial charge in [-0.05, 0) is 22.7 Å². The van der Waals surface area contributed by atoms with Crippen LogP contribution < -0.4 is 0 Å². The van der Waals surface area contributed by atoms with E-state index in [2.05, 4.69) is 17.2 Å². The molecule has 0 saturated heterocycles. The van der Waals surface area contributed by atoms with Crippen LogP contribution in [0.2, 0.25) is 0 Å². The Morgan fingerprint density at radius 1 is 0.789 bits per heavy atom. The van der Waals surface area contributed by atoms with Gasteiger partial charge in [-0.3, -0.25) is 0 Å². The summed E-state index contributed by atoms with van der Waals surface area (Å²) in [4.78, 5) is 0.802. The first-order chi connectivity index (χ1) is 9.34. The molecule has 0 atom stereocenters. The monoisotopic (exact) mass is 254 g/mol. The Labute approximate surface area is 113 Å². The number of rotatable bonds is 6. The highest BCUT2D eigenvalue weighted by molar-refractivity contribution is 5.15. The first-order valence-electron chi connectivity index (χ1n) is 6.54. The van der Waals surface area contributed by atoms with Gasteiger partial charge in [0.15, 0.2) is 6.54 Å². The van der Waals surface area contributed by atoms with Crippen LogP contribution in [0.25, 0.3) is 0 Å². The van der Waals surface area contributed by atoms with Gasteiger partial charge in [-0.1, -0.05) is 65.5 Å². The predicted octanol–water partition coefficient (Wildman–Crippen LogP) is 3.43. The second kappa shape index (κ2) is 7.31. The number of nitrogens with zero attached hydrogens (tertiary/aromatic N) is 2. The fourth-order valence-electron chi connectivity index (χ4n) is 1.88. The van der Waals surface area contributed by atoms with Gasteiger partial charge in [0.2, 0.25) is 0 Å². The third-order valence-corrected chi connectivity index (χ3v) is 2.94. The molecule has 0 aliphatic rings. The van der Waals surface area contributed by atoms with Crippen molar-refractivity contribution in [2.24, 2.45) is 5.11 Å². The summed E-state index contributed by atoms with van der Waals surface area (Å²) in [5.41, 5.74) is 2.38. The van der Waals surface area contributed by atoms with Crippen molar-refractivity contribution in [1.82, 2.24) is 0 Å². The largest absolute Gasteiger partial charge is 0.600 e. The fraction of sp³-hybridized carbons (Fsp3) is 0.250. The third-order valence-electron chi connectivity index (χ3n) is 2.94. The van der Waals surface area contributed by atoms with Gasteiger partial charge in [0.25, 0.3) is 0 Å². The van der Waals surface area contributed by atoms with Crippen LogP contribution in [-0.4, -0.2) is 18.0 Å². The van der Waals surface area contributed by atoms with E-state index < -0.39 is 0 Å². The van der Waals surface area contributed by atoms with Crippen molar-refractivity contribution in [3.8, 4) is 0 Å². The van der Waals surface area contributed by atoms with E-state index in [1.807, 2.05) is 48.5 Å². The third kappa shape index (κ3) is 4.92. The summed E-state index contributed by atoms with van der Waals surface area (Å²) in [6, 6.07) is 20.1. The van der Waals surface area contributed by atoms with Gasteiger partial charge in [-0.25, -0.2) is 0 Å². The molecule has 19 heavy (non-hydrogen) atoms. The van der Waals surface area contributed by atoms with Crippen LogP contribution in [-0.2, 0) is 12.8 Å². The van der Waals surface area contributed by atoms with E-state index in [0.717, 1.165) is 17.7 Å². The van der Waals surface area contributed by atoms with Gasteiger partial charge in [0.05, 0.1) is 0 Å². The SMILES string of the molecule is [O-][N+](CCc1ccccc1)=NCCc1ccccc1. The summed E-state index contributed by atoms with van der Waals surface area (Å²) >= 11 is 0. The van der Waals surface area contributed by atoms with Gasteiger partial charge in [-0.2, -0.15) is 0 Å². The van der Waals surface area contributed by atoms with Crippen molar-refractivity contribution in [1.29, 1.82) is 0 Å². The Bertz CT molecular complexity index is 509. The molecule has 3 heteroatoms. The minimum absolute atomic E-state index is 0.415. The summed E-state index contributed by atoms with van der Waals surface area (Å²) < 4.78 is 0. The Morgan fingerprint density at radius 2 is 1.32 bits per heavy atom. The molecule has 0 N–H and O–H groups in total.